The Labute approximate surface area is 192 Å². The highest BCUT2D eigenvalue weighted by atomic mass is 16.6. The maximum atomic E-state index is 12.8. The number of amides is 3. The molecule has 2 heterocycles. The largest absolute Gasteiger partial charge is 0.451 e. The van der Waals surface area contributed by atoms with Gasteiger partial charge in [0.25, 0.3) is 11.8 Å². The molecule has 0 saturated carbocycles. The van der Waals surface area contributed by atoms with Gasteiger partial charge in [-0.05, 0) is 65.0 Å². The number of anilines is 2. The van der Waals surface area contributed by atoms with Crippen LogP contribution in [0.1, 0.15) is 55.7 Å². The predicted molar refractivity (Wildman–Crippen MR) is 127 cm³/mol. The van der Waals surface area contributed by atoms with Gasteiger partial charge in [-0.2, -0.15) is 0 Å². The molecular weight excluding hydrogens is 424 g/mol. The van der Waals surface area contributed by atoms with Gasteiger partial charge in [-0.3, -0.25) is 14.9 Å². The first kappa shape index (κ1) is 23.9. The number of aromatic nitrogens is 1. The molecule has 0 fully saturated rings. The van der Waals surface area contributed by atoms with Crippen LogP contribution in [0.4, 0.5) is 16.2 Å². The molecule has 3 rings (SSSR count). The zero-order valence-electron chi connectivity index (χ0n) is 19.8. The quantitative estimate of drug-likeness (QED) is 0.554. The Kier molecular flexibility index (Phi) is 6.81. The lowest BCUT2D eigenvalue weighted by atomic mass is 10.2. The van der Waals surface area contributed by atoms with E-state index in [1.54, 1.807) is 73.8 Å². The van der Waals surface area contributed by atoms with Crippen LogP contribution in [0.25, 0.3) is 11.0 Å². The zero-order valence-corrected chi connectivity index (χ0v) is 19.8. The second-order valence-corrected chi connectivity index (χ2v) is 8.65. The van der Waals surface area contributed by atoms with E-state index >= 15 is 0 Å². The Morgan fingerprint density at radius 1 is 1.03 bits per heavy atom. The molecule has 0 aliphatic heterocycles. The molecule has 1 aromatic carbocycles. The van der Waals surface area contributed by atoms with Gasteiger partial charge < -0.3 is 23.9 Å². The molecule has 2 N–H and O–H groups in total. The fourth-order valence-electron chi connectivity index (χ4n) is 3.37. The summed E-state index contributed by atoms with van der Waals surface area (Å²) < 4.78 is 12.5. The zero-order chi connectivity index (χ0) is 24.3. The minimum Gasteiger partial charge on any atom is -0.451 e. The highest BCUT2D eigenvalue weighted by Gasteiger charge is 2.20. The van der Waals surface area contributed by atoms with E-state index in [-0.39, 0.29) is 17.6 Å². The first-order chi connectivity index (χ1) is 15.5. The number of carbonyl (C=O) groups excluding carboxylic acids is 3. The summed E-state index contributed by atoms with van der Waals surface area (Å²) in [5.74, 6) is -0.259. The molecular formula is C24H30N4O5. The SMILES string of the molecule is CCN(CC)C(=O)c1cc2cc(NC(=O)c3cc(NC(=O)OC(C)(C)C)cn3C)ccc2o1. The van der Waals surface area contributed by atoms with Crippen molar-refractivity contribution in [1.29, 1.82) is 0 Å². The third-order valence-corrected chi connectivity index (χ3v) is 4.92. The average Bonchev–Trinajstić information content (AvgIpc) is 3.30. The van der Waals surface area contributed by atoms with Gasteiger partial charge in [-0.1, -0.05) is 0 Å². The molecule has 9 nitrogen and oxygen atoms in total. The van der Waals surface area contributed by atoms with E-state index < -0.39 is 11.7 Å². The summed E-state index contributed by atoms with van der Waals surface area (Å²) in [5.41, 5.74) is 1.29. The van der Waals surface area contributed by atoms with Gasteiger partial charge in [0.15, 0.2) is 5.76 Å². The van der Waals surface area contributed by atoms with Crippen LogP contribution in [0.5, 0.6) is 0 Å². The fourth-order valence-corrected chi connectivity index (χ4v) is 3.37. The lowest BCUT2D eigenvalue weighted by molar-refractivity contribution is 0.0635. The number of benzene rings is 1. The highest BCUT2D eigenvalue weighted by Crippen LogP contribution is 2.25. The monoisotopic (exact) mass is 454 g/mol. The summed E-state index contributed by atoms with van der Waals surface area (Å²) in [5, 5.41) is 6.17. The van der Waals surface area contributed by atoms with Crippen molar-refractivity contribution in [2.24, 2.45) is 7.05 Å². The van der Waals surface area contributed by atoms with E-state index in [0.29, 0.717) is 41.1 Å². The molecule has 0 atom stereocenters. The van der Waals surface area contributed by atoms with E-state index in [4.69, 9.17) is 9.15 Å². The summed E-state index contributed by atoms with van der Waals surface area (Å²) in [4.78, 5) is 39.0. The summed E-state index contributed by atoms with van der Waals surface area (Å²) in [6, 6.07) is 8.41. The van der Waals surface area contributed by atoms with E-state index in [1.165, 1.54) is 0 Å². The Bertz CT molecular complexity index is 1180. The number of nitrogens with zero attached hydrogens (tertiary/aromatic N) is 2. The summed E-state index contributed by atoms with van der Waals surface area (Å²) >= 11 is 0. The second kappa shape index (κ2) is 9.40. The second-order valence-electron chi connectivity index (χ2n) is 8.65. The van der Waals surface area contributed by atoms with Crippen molar-refractivity contribution in [3.8, 4) is 0 Å². The maximum Gasteiger partial charge on any atom is 0.412 e. The van der Waals surface area contributed by atoms with Gasteiger partial charge in [0.1, 0.15) is 16.9 Å². The van der Waals surface area contributed by atoms with Crippen molar-refractivity contribution in [2.75, 3.05) is 23.7 Å². The number of nitrogens with one attached hydrogen (secondary N) is 2. The Morgan fingerprint density at radius 3 is 2.36 bits per heavy atom. The molecule has 0 radical (unpaired) electrons. The first-order valence-electron chi connectivity index (χ1n) is 10.8. The van der Waals surface area contributed by atoms with Crippen LogP contribution in [0.15, 0.2) is 40.9 Å². The molecule has 9 heteroatoms. The van der Waals surface area contributed by atoms with Gasteiger partial charge >= 0.3 is 6.09 Å². The Morgan fingerprint density at radius 2 is 1.73 bits per heavy atom. The average molecular weight is 455 g/mol. The van der Waals surface area contributed by atoms with Gasteiger partial charge in [0.2, 0.25) is 0 Å². The number of rotatable bonds is 6. The number of hydrogen-bond donors (Lipinski definition) is 2. The van der Waals surface area contributed by atoms with Crippen molar-refractivity contribution in [2.45, 2.75) is 40.2 Å². The van der Waals surface area contributed by atoms with Crippen molar-refractivity contribution in [1.82, 2.24) is 9.47 Å². The molecule has 0 saturated heterocycles. The van der Waals surface area contributed by atoms with Crippen LogP contribution in [-0.4, -0.2) is 46.1 Å². The van der Waals surface area contributed by atoms with Crippen molar-refractivity contribution >= 4 is 40.3 Å². The first-order valence-corrected chi connectivity index (χ1v) is 10.8. The van der Waals surface area contributed by atoms with Crippen LogP contribution >= 0.6 is 0 Å². The fraction of sp³-hybridized carbons (Fsp3) is 0.375. The van der Waals surface area contributed by atoms with Crippen LogP contribution in [0.3, 0.4) is 0 Å². The molecule has 0 spiro atoms. The number of furan rings is 1. The molecule has 2 aromatic heterocycles. The lowest BCUT2D eigenvalue weighted by Crippen LogP contribution is -2.30. The number of fused-ring (bicyclic) bond motifs is 1. The van der Waals surface area contributed by atoms with Crippen LogP contribution in [0.2, 0.25) is 0 Å². The Balaban J connectivity index is 1.73. The van der Waals surface area contributed by atoms with Crippen LogP contribution in [-0.2, 0) is 11.8 Å². The Hall–Kier alpha value is -3.75. The normalized spacial score (nSPS) is 11.3. The van der Waals surface area contributed by atoms with E-state index in [0.717, 1.165) is 0 Å². The third kappa shape index (κ3) is 5.74. The molecule has 0 aliphatic rings. The minimum atomic E-state index is -0.624. The number of hydrogen-bond acceptors (Lipinski definition) is 5. The number of aryl methyl sites for hydroxylation is 1. The summed E-state index contributed by atoms with van der Waals surface area (Å²) in [6.07, 6.45) is 1.03. The highest BCUT2D eigenvalue weighted by molar-refractivity contribution is 6.05. The standard InChI is InChI=1S/C24H30N4O5/c1-7-28(8-2)22(30)20-12-15-11-16(9-10-19(15)32-20)25-21(29)18-13-17(14-27(18)6)26-23(31)33-24(3,4)5/h9-14H,7-8H2,1-6H3,(H,25,29)(H,26,31). The summed E-state index contributed by atoms with van der Waals surface area (Å²) in [7, 11) is 1.71. The van der Waals surface area contributed by atoms with E-state index in [1.807, 2.05) is 13.8 Å². The minimum absolute atomic E-state index is 0.171. The predicted octanol–water partition coefficient (Wildman–Crippen LogP) is 4.85. The molecule has 3 amide bonds. The molecule has 33 heavy (non-hydrogen) atoms. The molecule has 176 valence electrons. The molecule has 0 aliphatic carbocycles. The third-order valence-electron chi connectivity index (χ3n) is 4.92. The molecule has 3 aromatic rings. The van der Waals surface area contributed by atoms with Crippen LogP contribution < -0.4 is 10.6 Å². The summed E-state index contributed by atoms with van der Waals surface area (Å²) in [6.45, 7) is 10.3. The van der Waals surface area contributed by atoms with Crippen molar-refractivity contribution < 1.29 is 23.5 Å². The lowest BCUT2D eigenvalue weighted by Gasteiger charge is -2.19. The topological polar surface area (TPSA) is 106 Å². The van der Waals surface area contributed by atoms with Crippen molar-refractivity contribution in [3.63, 3.8) is 0 Å². The van der Waals surface area contributed by atoms with Gasteiger partial charge in [-0.25, -0.2) is 4.79 Å². The molecule has 0 unspecified atom stereocenters. The van der Waals surface area contributed by atoms with Gasteiger partial charge in [0.05, 0.1) is 5.69 Å². The van der Waals surface area contributed by atoms with Crippen molar-refractivity contribution in [3.05, 3.63) is 48.0 Å². The maximum absolute atomic E-state index is 12.8. The number of ether oxygens (including phenoxy) is 1. The number of carbonyl (C=O) groups is 3. The van der Waals surface area contributed by atoms with E-state index in [9.17, 15) is 14.4 Å². The van der Waals surface area contributed by atoms with E-state index in [2.05, 4.69) is 10.6 Å². The smallest absolute Gasteiger partial charge is 0.412 e. The molecule has 0 bridgehead atoms. The van der Waals surface area contributed by atoms with Gasteiger partial charge in [0, 0.05) is 37.4 Å². The van der Waals surface area contributed by atoms with Gasteiger partial charge in [-0.15, -0.1) is 0 Å². The van der Waals surface area contributed by atoms with Crippen LogP contribution in [0, 0.1) is 0 Å².